The molecule has 0 aromatic heterocycles. The van der Waals surface area contributed by atoms with Crippen LogP contribution in [0.15, 0.2) is 23.3 Å². The number of hydrogen-bond acceptors (Lipinski definition) is 3. The lowest BCUT2D eigenvalue weighted by atomic mass is 9.63. The van der Waals surface area contributed by atoms with E-state index in [-0.39, 0.29) is 12.2 Å². The summed E-state index contributed by atoms with van der Waals surface area (Å²) in [7, 11) is 0. The van der Waals surface area contributed by atoms with Gasteiger partial charge in [0.1, 0.15) is 6.61 Å². The highest BCUT2D eigenvalue weighted by Crippen LogP contribution is 2.58. The molecule has 4 aliphatic rings. The average molecular weight is 438 g/mol. The van der Waals surface area contributed by atoms with E-state index in [1.54, 1.807) is 5.57 Å². The first kappa shape index (κ1) is 23.4. The highest BCUT2D eigenvalue weighted by molar-refractivity contribution is 5.25. The average Bonchev–Trinajstić information content (AvgIpc) is 3.33. The number of hydrogen-bond donors (Lipinski definition) is 1. The molecule has 5 heteroatoms. The molecule has 4 rings (SSSR count). The second-order valence-electron chi connectivity index (χ2n) is 10.7. The Hall–Kier alpha value is -0.780. The van der Waals surface area contributed by atoms with Crippen LogP contribution in [0.25, 0.3) is 0 Å². The van der Waals surface area contributed by atoms with E-state index in [1.165, 1.54) is 44.1 Å². The number of alkyl halides is 2. The first-order valence-corrected chi connectivity index (χ1v) is 12.6. The fourth-order valence-corrected chi connectivity index (χ4v) is 6.95. The minimum Gasteiger partial charge on any atom is -0.393 e. The number of ether oxygens (including phenoxy) is 1. The number of likely N-dealkylation sites (tertiary alicyclic amines) is 1. The predicted molar refractivity (Wildman–Crippen MR) is 120 cm³/mol. The summed E-state index contributed by atoms with van der Waals surface area (Å²) in [5.41, 5.74) is 3.47. The molecule has 5 atom stereocenters. The van der Waals surface area contributed by atoms with E-state index in [0.717, 1.165) is 57.7 Å². The van der Waals surface area contributed by atoms with Gasteiger partial charge in [-0.3, -0.25) is 0 Å². The Morgan fingerprint density at radius 1 is 1.16 bits per heavy atom. The Kier molecular flexibility index (Phi) is 7.87. The topological polar surface area (TPSA) is 32.7 Å². The van der Waals surface area contributed by atoms with E-state index in [2.05, 4.69) is 24.0 Å². The van der Waals surface area contributed by atoms with Crippen LogP contribution in [-0.2, 0) is 4.74 Å². The van der Waals surface area contributed by atoms with E-state index in [0.29, 0.717) is 11.3 Å². The van der Waals surface area contributed by atoms with Gasteiger partial charge in [0, 0.05) is 13.1 Å². The van der Waals surface area contributed by atoms with E-state index in [9.17, 15) is 13.9 Å². The maximum absolute atomic E-state index is 12.4. The Balaban J connectivity index is 1.31. The van der Waals surface area contributed by atoms with Gasteiger partial charge in [0.15, 0.2) is 0 Å². The normalized spacial score (nSPS) is 39.6. The van der Waals surface area contributed by atoms with Crippen LogP contribution in [-0.4, -0.2) is 54.9 Å². The zero-order valence-corrected chi connectivity index (χ0v) is 19.2. The molecule has 1 heterocycles. The van der Waals surface area contributed by atoms with Crippen LogP contribution in [0.1, 0.15) is 77.6 Å². The summed E-state index contributed by atoms with van der Waals surface area (Å²) in [5.74, 6) is 1.46. The highest BCUT2D eigenvalue weighted by atomic mass is 19.3. The third kappa shape index (κ3) is 5.78. The van der Waals surface area contributed by atoms with Gasteiger partial charge in [-0.05, 0) is 94.4 Å². The minimum absolute atomic E-state index is 0.0172. The zero-order valence-electron chi connectivity index (χ0n) is 19.2. The van der Waals surface area contributed by atoms with E-state index in [4.69, 9.17) is 4.74 Å². The number of fused-ring (bicyclic) bond motifs is 1. The summed E-state index contributed by atoms with van der Waals surface area (Å²) in [5, 5.41) is 9.96. The van der Waals surface area contributed by atoms with Crippen LogP contribution in [0.2, 0.25) is 0 Å². The molecule has 0 amide bonds. The Morgan fingerprint density at radius 3 is 2.84 bits per heavy atom. The van der Waals surface area contributed by atoms with Crippen molar-refractivity contribution >= 4 is 0 Å². The van der Waals surface area contributed by atoms with Crippen molar-refractivity contribution in [2.45, 2.75) is 96.2 Å². The van der Waals surface area contributed by atoms with Crippen molar-refractivity contribution in [3.05, 3.63) is 23.3 Å². The number of rotatable bonds is 7. The molecule has 3 aliphatic carbocycles. The SMILES string of the molecule is CC12CCC/C(=C\C=C3\CCCC(O)C3)C1CCC2CCN1CCC(OCC(F)F)C1. The van der Waals surface area contributed by atoms with Crippen molar-refractivity contribution < 1.29 is 18.6 Å². The van der Waals surface area contributed by atoms with Crippen LogP contribution in [0, 0.1) is 17.3 Å². The first-order valence-electron chi connectivity index (χ1n) is 12.6. The van der Waals surface area contributed by atoms with E-state index in [1.807, 2.05) is 0 Å². The fourth-order valence-electron chi connectivity index (χ4n) is 6.95. The van der Waals surface area contributed by atoms with Crippen LogP contribution < -0.4 is 0 Å². The molecule has 3 saturated carbocycles. The number of aliphatic hydroxyl groups excluding tert-OH is 1. The third-order valence-electron chi connectivity index (χ3n) is 8.71. The highest BCUT2D eigenvalue weighted by Gasteiger charge is 2.48. The first-order chi connectivity index (χ1) is 14.9. The zero-order chi connectivity index (χ0) is 21.8. The number of allylic oxidation sites excluding steroid dienone is 3. The summed E-state index contributed by atoms with van der Waals surface area (Å²) < 4.78 is 30.1. The molecule has 0 bridgehead atoms. The standard InChI is InChI=1S/C26H41F2NO2/c1-26-13-3-5-20(8-7-19-4-2-6-22(30)16-19)24(26)10-9-21(26)11-14-29-15-12-23(17-29)31-18-25(27)28/h7-8,21-25,30H,2-6,9-18H2,1H3/b19-7-,20-8+. The van der Waals surface area contributed by atoms with Crippen molar-refractivity contribution in [3.8, 4) is 0 Å². The van der Waals surface area contributed by atoms with Crippen LogP contribution in [0.5, 0.6) is 0 Å². The van der Waals surface area contributed by atoms with Crippen molar-refractivity contribution in [3.63, 3.8) is 0 Å². The molecule has 4 fully saturated rings. The molecule has 1 N–H and O–H groups in total. The Labute approximate surface area is 186 Å². The summed E-state index contributed by atoms with van der Waals surface area (Å²) in [6.45, 7) is 4.96. The lowest BCUT2D eigenvalue weighted by molar-refractivity contribution is -0.0199. The molecule has 0 aromatic rings. The van der Waals surface area contributed by atoms with Gasteiger partial charge in [0.05, 0.1) is 12.2 Å². The molecule has 0 spiro atoms. The number of halogens is 2. The lowest BCUT2D eigenvalue weighted by Crippen LogP contribution is -2.35. The summed E-state index contributed by atoms with van der Waals surface area (Å²) in [4.78, 5) is 2.42. The summed E-state index contributed by atoms with van der Waals surface area (Å²) >= 11 is 0. The smallest absolute Gasteiger partial charge is 0.261 e. The molecule has 3 nitrogen and oxygen atoms in total. The number of nitrogens with zero attached hydrogens (tertiary/aromatic N) is 1. The predicted octanol–water partition coefficient (Wildman–Crippen LogP) is 5.74. The Morgan fingerprint density at radius 2 is 2.03 bits per heavy atom. The van der Waals surface area contributed by atoms with Gasteiger partial charge in [-0.25, -0.2) is 8.78 Å². The van der Waals surface area contributed by atoms with Crippen LogP contribution in [0.4, 0.5) is 8.78 Å². The van der Waals surface area contributed by atoms with Crippen molar-refractivity contribution in [1.29, 1.82) is 0 Å². The van der Waals surface area contributed by atoms with Gasteiger partial charge in [-0.1, -0.05) is 30.2 Å². The van der Waals surface area contributed by atoms with Gasteiger partial charge >= 0.3 is 0 Å². The van der Waals surface area contributed by atoms with Crippen molar-refractivity contribution in [2.24, 2.45) is 17.3 Å². The summed E-state index contributed by atoms with van der Waals surface area (Å²) in [6.07, 6.45) is 14.9. The van der Waals surface area contributed by atoms with Gasteiger partial charge in [-0.2, -0.15) is 0 Å². The molecule has 0 aromatic carbocycles. The second-order valence-corrected chi connectivity index (χ2v) is 10.7. The van der Waals surface area contributed by atoms with E-state index < -0.39 is 13.0 Å². The molecule has 0 radical (unpaired) electrons. The molecular weight excluding hydrogens is 396 g/mol. The maximum atomic E-state index is 12.4. The van der Waals surface area contributed by atoms with Crippen molar-refractivity contribution in [2.75, 3.05) is 26.2 Å². The quantitative estimate of drug-likeness (QED) is 0.552. The lowest BCUT2D eigenvalue weighted by Gasteiger charge is -2.43. The molecule has 176 valence electrons. The largest absolute Gasteiger partial charge is 0.393 e. The second kappa shape index (κ2) is 10.4. The van der Waals surface area contributed by atoms with Crippen LogP contribution in [0.3, 0.4) is 0 Å². The third-order valence-corrected chi connectivity index (χ3v) is 8.71. The van der Waals surface area contributed by atoms with Crippen LogP contribution >= 0.6 is 0 Å². The maximum Gasteiger partial charge on any atom is 0.261 e. The molecule has 5 unspecified atom stereocenters. The van der Waals surface area contributed by atoms with E-state index >= 15 is 0 Å². The van der Waals surface area contributed by atoms with Crippen molar-refractivity contribution in [1.82, 2.24) is 4.90 Å². The fraction of sp³-hybridized carbons (Fsp3) is 0.846. The summed E-state index contributed by atoms with van der Waals surface area (Å²) in [6, 6.07) is 0. The minimum atomic E-state index is -2.36. The Bertz CT molecular complexity index is 664. The molecular formula is C26H41F2NO2. The van der Waals surface area contributed by atoms with Gasteiger partial charge in [0.2, 0.25) is 0 Å². The molecule has 1 saturated heterocycles. The van der Waals surface area contributed by atoms with Gasteiger partial charge in [-0.15, -0.1) is 0 Å². The van der Waals surface area contributed by atoms with Gasteiger partial charge in [0.25, 0.3) is 6.43 Å². The number of aliphatic hydroxyl groups is 1. The molecule has 1 aliphatic heterocycles. The van der Waals surface area contributed by atoms with Gasteiger partial charge < -0.3 is 14.7 Å². The monoisotopic (exact) mass is 437 g/mol. The molecule has 31 heavy (non-hydrogen) atoms.